The van der Waals surface area contributed by atoms with Crippen LogP contribution in [0.15, 0.2) is 16.0 Å². The first-order valence-electron chi connectivity index (χ1n) is 4.88. The van der Waals surface area contributed by atoms with E-state index in [2.05, 4.69) is 30.9 Å². The molecule has 0 aliphatic heterocycles. The lowest BCUT2D eigenvalue weighted by atomic mass is 10.3. The van der Waals surface area contributed by atoms with E-state index in [4.69, 9.17) is 11.6 Å². The van der Waals surface area contributed by atoms with Gasteiger partial charge in [-0.15, -0.1) is 11.3 Å². The first-order valence-corrected chi connectivity index (χ1v) is 6.93. The summed E-state index contributed by atoms with van der Waals surface area (Å²) in [5, 5.41) is 3.20. The average molecular weight is 317 g/mol. The Morgan fingerprint density at radius 1 is 1.38 bits per heavy atom. The van der Waals surface area contributed by atoms with Gasteiger partial charge in [-0.05, 0) is 28.8 Å². The first kappa shape index (κ1) is 10.6. The van der Waals surface area contributed by atoms with Gasteiger partial charge in [0.05, 0.1) is 10.2 Å². The molecule has 1 saturated carbocycles. The van der Waals surface area contributed by atoms with Crippen LogP contribution < -0.4 is 0 Å². The molecule has 0 radical (unpaired) electrons. The van der Waals surface area contributed by atoms with Crippen LogP contribution in [0.1, 0.15) is 24.5 Å². The van der Waals surface area contributed by atoms with Gasteiger partial charge < -0.3 is 0 Å². The molecule has 1 aliphatic rings. The summed E-state index contributed by atoms with van der Waals surface area (Å²) in [6.07, 6.45) is 4.11. The summed E-state index contributed by atoms with van der Waals surface area (Å²) in [6, 6.07) is 0. The van der Waals surface area contributed by atoms with Crippen molar-refractivity contribution in [1.29, 1.82) is 0 Å². The molecule has 0 saturated heterocycles. The van der Waals surface area contributed by atoms with Crippen molar-refractivity contribution in [3.05, 3.63) is 26.9 Å². The number of nitrogens with zero attached hydrogens (tertiary/aromatic N) is 3. The fourth-order valence-corrected chi connectivity index (χ4v) is 2.74. The zero-order chi connectivity index (χ0) is 11.1. The Hall–Kier alpha value is -0.520. The van der Waals surface area contributed by atoms with Crippen LogP contribution in [0.5, 0.6) is 0 Å². The summed E-state index contributed by atoms with van der Waals surface area (Å²) in [7, 11) is 0. The molecule has 1 aliphatic carbocycles. The largest absolute Gasteiger partial charge is 0.241 e. The molecule has 82 valence electrons. The summed E-state index contributed by atoms with van der Waals surface area (Å²) in [6.45, 7) is 0. The van der Waals surface area contributed by atoms with Gasteiger partial charge >= 0.3 is 0 Å². The number of hydrogen-bond acceptors (Lipinski definition) is 4. The van der Waals surface area contributed by atoms with Crippen molar-refractivity contribution in [2.45, 2.75) is 18.8 Å². The molecule has 0 N–H and O–H groups in total. The minimum atomic E-state index is 0.474. The molecule has 2 aromatic heterocycles. The molecule has 1 fully saturated rings. The Morgan fingerprint density at radius 2 is 2.19 bits per heavy atom. The molecule has 0 atom stereocenters. The normalized spacial score (nSPS) is 15.4. The third-order valence-electron chi connectivity index (χ3n) is 2.42. The molecule has 0 bridgehead atoms. The minimum Gasteiger partial charge on any atom is -0.241 e. The van der Waals surface area contributed by atoms with Crippen LogP contribution in [-0.4, -0.2) is 15.0 Å². The van der Waals surface area contributed by atoms with Crippen molar-refractivity contribution in [3.63, 3.8) is 0 Å². The lowest BCUT2D eigenvalue weighted by Crippen LogP contribution is -1.96. The molecule has 0 spiro atoms. The second-order valence-electron chi connectivity index (χ2n) is 3.65. The van der Waals surface area contributed by atoms with Crippen LogP contribution in [0.2, 0.25) is 5.15 Å². The minimum absolute atomic E-state index is 0.474. The Bertz CT molecular complexity index is 525. The Morgan fingerprint density at radius 3 is 2.81 bits per heavy atom. The van der Waals surface area contributed by atoms with Crippen molar-refractivity contribution in [3.8, 4) is 10.8 Å². The van der Waals surface area contributed by atoms with Crippen LogP contribution in [0.3, 0.4) is 0 Å². The maximum Gasteiger partial charge on any atom is 0.190 e. The fraction of sp³-hybridized carbons (Fsp3) is 0.300. The standard InChI is InChI=1S/C10H7BrClN3S/c11-6-7(5-1-2-5)14-9(15-8(6)12)10-13-3-4-16-10/h3-5H,1-2H2. The zero-order valence-electron chi connectivity index (χ0n) is 8.15. The molecule has 2 aromatic rings. The molecule has 6 heteroatoms. The Kier molecular flexibility index (Phi) is 2.69. The van der Waals surface area contributed by atoms with Crippen LogP contribution in [0.4, 0.5) is 0 Å². The summed E-state index contributed by atoms with van der Waals surface area (Å²) >= 11 is 11.1. The van der Waals surface area contributed by atoms with Gasteiger partial charge in [0, 0.05) is 17.5 Å². The van der Waals surface area contributed by atoms with E-state index in [1.54, 1.807) is 6.20 Å². The molecular formula is C10H7BrClN3S. The van der Waals surface area contributed by atoms with Crippen LogP contribution in [0, 0.1) is 0 Å². The van der Waals surface area contributed by atoms with Crippen molar-refractivity contribution in [2.75, 3.05) is 0 Å². The van der Waals surface area contributed by atoms with E-state index in [1.807, 2.05) is 5.38 Å². The topological polar surface area (TPSA) is 38.7 Å². The smallest absolute Gasteiger partial charge is 0.190 e. The highest BCUT2D eigenvalue weighted by atomic mass is 79.9. The van der Waals surface area contributed by atoms with Gasteiger partial charge in [0.1, 0.15) is 5.15 Å². The predicted molar refractivity (Wildman–Crippen MR) is 67.8 cm³/mol. The lowest BCUT2D eigenvalue weighted by Gasteiger charge is -2.05. The average Bonchev–Trinajstić information content (AvgIpc) is 2.96. The summed E-state index contributed by atoms with van der Waals surface area (Å²) < 4.78 is 0.831. The van der Waals surface area contributed by atoms with Gasteiger partial charge in [0.25, 0.3) is 0 Å². The molecular weight excluding hydrogens is 310 g/mol. The van der Waals surface area contributed by atoms with Gasteiger partial charge in [-0.25, -0.2) is 15.0 Å². The highest BCUT2D eigenvalue weighted by Crippen LogP contribution is 2.44. The Labute approximate surface area is 110 Å². The van der Waals surface area contributed by atoms with Gasteiger partial charge in [-0.3, -0.25) is 0 Å². The highest BCUT2D eigenvalue weighted by Gasteiger charge is 2.29. The first-order chi connectivity index (χ1) is 7.75. The maximum atomic E-state index is 6.09. The second kappa shape index (κ2) is 4.05. The number of rotatable bonds is 2. The molecule has 3 nitrogen and oxygen atoms in total. The van der Waals surface area contributed by atoms with Gasteiger partial charge in [-0.1, -0.05) is 11.6 Å². The van der Waals surface area contributed by atoms with E-state index < -0.39 is 0 Å². The quantitative estimate of drug-likeness (QED) is 0.789. The fourth-order valence-electron chi connectivity index (χ4n) is 1.49. The van der Waals surface area contributed by atoms with E-state index in [0.717, 1.165) is 15.2 Å². The van der Waals surface area contributed by atoms with E-state index in [9.17, 15) is 0 Å². The molecule has 16 heavy (non-hydrogen) atoms. The predicted octanol–water partition coefficient (Wildman–Crippen LogP) is 3.89. The third-order valence-corrected chi connectivity index (χ3v) is 4.48. The number of aromatic nitrogens is 3. The van der Waals surface area contributed by atoms with E-state index >= 15 is 0 Å². The number of thiazole rings is 1. The molecule has 0 amide bonds. The summed E-state index contributed by atoms with van der Waals surface area (Å²) in [4.78, 5) is 13.0. The van der Waals surface area contributed by atoms with Crippen molar-refractivity contribution >= 4 is 38.9 Å². The molecule has 0 unspecified atom stereocenters. The van der Waals surface area contributed by atoms with Gasteiger partial charge in [0.15, 0.2) is 10.8 Å². The van der Waals surface area contributed by atoms with Crippen LogP contribution in [0.25, 0.3) is 10.8 Å². The van der Waals surface area contributed by atoms with E-state index in [0.29, 0.717) is 16.9 Å². The second-order valence-corrected chi connectivity index (χ2v) is 5.69. The zero-order valence-corrected chi connectivity index (χ0v) is 11.3. The van der Waals surface area contributed by atoms with E-state index in [1.165, 1.54) is 24.2 Å². The van der Waals surface area contributed by atoms with Crippen molar-refractivity contribution in [2.24, 2.45) is 0 Å². The summed E-state index contributed by atoms with van der Waals surface area (Å²) in [5.41, 5.74) is 1.02. The number of halogens is 2. The number of hydrogen-bond donors (Lipinski definition) is 0. The molecule has 0 aromatic carbocycles. The van der Waals surface area contributed by atoms with Crippen molar-refractivity contribution in [1.82, 2.24) is 15.0 Å². The molecule has 3 rings (SSSR count). The van der Waals surface area contributed by atoms with Crippen LogP contribution >= 0.6 is 38.9 Å². The Balaban J connectivity index is 2.13. The van der Waals surface area contributed by atoms with Crippen molar-refractivity contribution < 1.29 is 0 Å². The molecule has 2 heterocycles. The van der Waals surface area contributed by atoms with Gasteiger partial charge in [-0.2, -0.15) is 0 Å². The highest BCUT2D eigenvalue weighted by molar-refractivity contribution is 9.10. The third kappa shape index (κ3) is 1.87. The monoisotopic (exact) mass is 315 g/mol. The summed E-state index contributed by atoms with van der Waals surface area (Å²) in [5.74, 6) is 1.17. The van der Waals surface area contributed by atoms with Crippen LogP contribution in [-0.2, 0) is 0 Å². The van der Waals surface area contributed by atoms with Gasteiger partial charge in [0.2, 0.25) is 0 Å². The maximum absolute atomic E-state index is 6.09. The lowest BCUT2D eigenvalue weighted by molar-refractivity contribution is 0.977. The van der Waals surface area contributed by atoms with E-state index in [-0.39, 0.29) is 0 Å². The SMILES string of the molecule is Clc1nc(-c2nccs2)nc(C2CC2)c1Br.